The Kier molecular flexibility index (Phi) is 5.55. The molecule has 3 rings (SSSR count). The smallest absolute Gasteiger partial charge is 0.282 e. The molecule has 1 aliphatic rings. The number of piperazine rings is 1. The van der Waals surface area contributed by atoms with Gasteiger partial charge in [0.1, 0.15) is 5.01 Å². The second-order valence-corrected chi connectivity index (χ2v) is 7.25. The van der Waals surface area contributed by atoms with Crippen LogP contribution in [0.3, 0.4) is 0 Å². The Morgan fingerprint density at radius 3 is 2.92 bits per heavy atom. The van der Waals surface area contributed by atoms with E-state index in [-0.39, 0.29) is 5.91 Å². The van der Waals surface area contributed by atoms with Gasteiger partial charge in [0, 0.05) is 32.2 Å². The molecule has 0 spiro atoms. The molecule has 0 saturated carbocycles. The lowest BCUT2D eigenvalue weighted by molar-refractivity contribution is 0.0950. The summed E-state index contributed by atoms with van der Waals surface area (Å²) in [5.74, 6) is -0.160. The number of hydrogen-bond acceptors (Lipinski definition) is 6. The molecule has 2 aromatic rings. The maximum absolute atomic E-state index is 12.2. The first-order chi connectivity index (χ1) is 11.6. The first-order valence-electron chi connectivity index (χ1n) is 8.22. The Hall–Kier alpha value is -1.83. The van der Waals surface area contributed by atoms with Crippen molar-refractivity contribution in [1.82, 2.24) is 25.7 Å². The van der Waals surface area contributed by atoms with Crippen LogP contribution in [0.25, 0.3) is 0 Å². The van der Waals surface area contributed by atoms with Gasteiger partial charge in [-0.25, -0.2) is 0 Å². The first kappa shape index (κ1) is 17.0. The van der Waals surface area contributed by atoms with Gasteiger partial charge in [0.25, 0.3) is 5.91 Å². The van der Waals surface area contributed by atoms with E-state index in [0.29, 0.717) is 17.6 Å². The van der Waals surface area contributed by atoms with E-state index in [4.69, 9.17) is 0 Å². The summed E-state index contributed by atoms with van der Waals surface area (Å²) < 4.78 is 0. The van der Waals surface area contributed by atoms with E-state index in [1.54, 1.807) is 0 Å². The summed E-state index contributed by atoms with van der Waals surface area (Å²) in [6.45, 7) is 8.48. The van der Waals surface area contributed by atoms with Crippen molar-refractivity contribution >= 4 is 17.2 Å². The van der Waals surface area contributed by atoms with Crippen LogP contribution in [-0.4, -0.2) is 46.7 Å². The number of aryl methyl sites for hydroxylation is 1. The molecular weight excluding hydrogens is 322 g/mol. The highest BCUT2D eigenvalue weighted by molar-refractivity contribution is 7.13. The van der Waals surface area contributed by atoms with Gasteiger partial charge in [0.05, 0.1) is 6.54 Å². The average molecular weight is 345 g/mol. The molecule has 7 heteroatoms. The third-order valence-corrected chi connectivity index (χ3v) is 5.12. The van der Waals surface area contributed by atoms with Crippen LogP contribution in [0.2, 0.25) is 0 Å². The second-order valence-electron chi connectivity index (χ2n) is 6.19. The Bertz CT molecular complexity index is 685. The molecule has 0 bridgehead atoms. The van der Waals surface area contributed by atoms with E-state index < -0.39 is 0 Å². The largest absolute Gasteiger partial charge is 0.346 e. The number of hydrogen-bond donors (Lipinski definition) is 2. The van der Waals surface area contributed by atoms with Gasteiger partial charge in [-0.1, -0.05) is 41.2 Å². The number of carbonyl (C=O) groups is 1. The van der Waals surface area contributed by atoms with Gasteiger partial charge in [-0.05, 0) is 19.4 Å². The van der Waals surface area contributed by atoms with Crippen molar-refractivity contribution < 1.29 is 4.79 Å². The number of benzene rings is 1. The average Bonchev–Trinajstić information content (AvgIpc) is 3.05. The van der Waals surface area contributed by atoms with E-state index >= 15 is 0 Å². The third-order valence-electron chi connectivity index (χ3n) is 4.21. The summed E-state index contributed by atoms with van der Waals surface area (Å²) >= 11 is 1.38. The van der Waals surface area contributed by atoms with E-state index in [1.807, 2.05) is 31.2 Å². The Labute approximate surface area is 146 Å². The lowest BCUT2D eigenvalue weighted by Gasteiger charge is -2.32. The molecule has 128 valence electrons. The fourth-order valence-electron chi connectivity index (χ4n) is 2.66. The van der Waals surface area contributed by atoms with Crippen molar-refractivity contribution in [2.45, 2.75) is 33.0 Å². The molecule has 6 nitrogen and oxygen atoms in total. The molecule has 1 aliphatic heterocycles. The highest BCUT2D eigenvalue weighted by Crippen LogP contribution is 2.15. The number of amides is 1. The molecule has 0 radical (unpaired) electrons. The number of carbonyl (C=O) groups excluding carboxylic acids is 1. The number of nitrogens with one attached hydrogen (secondary N) is 2. The molecule has 0 aliphatic carbocycles. The maximum atomic E-state index is 12.2. The van der Waals surface area contributed by atoms with Crippen molar-refractivity contribution in [3.63, 3.8) is 0 Å². The fourth-order valence-corrected chi connectivity index (χ4v) is 3.45. The molecule has 1 atom stereocenters. The SMILES string of the molecule is Cc1ccc(CNC(=O)c2nnc(CN3CCNC[C@H]3C)s2)cc1. The molecule has 1 aromatic carbocycles. The van der Waals surface area contributed by atoms with Crippen LogP contribution < -0.4 is 10.6 Å². The molecule has 0 unspecified atom stereocenters. The zero-order chi connectivity index (χ0) is 16.9. The van der Waals surface area contributed by atoms with Crippen molar-refractivity contribution in [3.05, 3.63) is 45.4 Å². The lowest BCUT2D eigenvalue weighted by Crippen LogP contribution is -2.49. The highest BCUT2D eigenvalue weighted by atomic mass is 32.1. The van der Waals surface area contributed by atoms with Gasteiger partial charge in [0.2, 0.25) is 5.01 Å². The van der Waals surface area contributed by atoms with E-state index in [1.165, 1.54) is 16.9 Å². The standard InChI is InChI=1S/C17H23N5OS/c1-12-3-5-14(6-4-12)10-19-16(23)17-21-20-15(24-17)11-22-8-7-18-9-13(22)2/h3-6,13,18H,7-11H2,1-2H3,(H,19,23)/t13-/m1/s1. The molecule has 1 aromatic heterocycles. The summed E-state index contributed by atoms with van der Waals surface area (Å²) in [5, 5.41) is 15.8. The minimum atomic E-state index is -0.160. The summed E-state index contributed by atoms with van der Waals surface area (Å²) in [5.41, 5.74) is 2.29. The molecule has 1 fully saturated rings. The fraction of sp³-hybridized carbons (Fsp3) is 0.471. The van der Waals surface area contributed by atoms with Crippen LogP contribution in [-0.2, 0) is 13.1 Å². The predicted molar refractivity (Wildman–Crippen MR) is 95.0 cm³/mol. The van der Waals surface area contributed by atoms with Crippen molar-refractivity contribution in [1.29, 1.82) is 0 Å². The Morgan fingerprint density at radius 2 is 2.17 bits per heavy atom. The summed E-state index contributed by atoms with van der Waals surface area (Å²) in [7, 11) is 0. The number of nitrogens with zero attached hydrogens (tertiary/aromatic N) is 3. The Balaban J connectivity index is 1.54. The molecule has 1 amide bonds. The van der Waals surface area contributed by atoms with Gasteiger partial charge >= 0.3 is 0 Å². The van der Waals surface area contributed by atoms with Gasteiger partial charge in [-0.3, -0.25) is 9.69 Å². The van der Waals surface area contributed by atoms with Crippen LogP contribution in [0.5, 0.6) is 0 Å². The van der Waals surface area contributed by atoms with E-state index in [0.717, 1.165) is 36.8 Å². The minimum absolute atomic E-state index is 0.160. The lowest BCUT2D eigenvalue weighted by atomic mass is 10.1. The minimum Gasteiger partial charge on any atom is -0.346 e. The summed E-state index contributed by atoms with van der Waals surface area (Å²) in [6.07, 6.45) is 0. The summed E-state index contributed by atoms with van der Waals surface area (Å²) in [6, 6.07) is 8.60. The van der Waals surface area contributed by atoms with E-state index in [9.17, 15) is 4.79 Å². The summed E-state index contributed by atoms with van der Waals surface area (Å²) in [4.78, 5) is 14.6. The molecule has 24 heavy (non-hydrogen) atoms. The zero-order valence-electron chi connectivity index (χ0n) is 14.1. The molecule has 2 heterocycles. The van der Waals surface area contributed by atoms with Crippen LogP contribution >= 0.6 is 11.3 Å². The molecule has 2 N–H and O–H groups in total. The molecule has 1 saturated heterocycles. The first-order valence-corrected chi connectivity index (χ1v) is 9.04. The van der Waals surface area contributed by atoms with Crippen LogP contribution in [0, 0.1) is 6.92 Å². The van der Waals surface area contributed by atoms with Gasteiger partial charge in [-0.2, -0.15) is 0 Å². The van der Waals surface area contributed by atoms with Crippen LogP contribution in [0.15, 0.2) is 24.3 Å². The van der Waals surface area contributed by atoms with Gasteiger partial charge in [-0.15, -0.1) is 10.2 Å². The van der Waals surface area contributed by atoms with Gasteiger partial charge < -0.3 is 10.6 Å². The predicted octanol–water partition coefficient (Wildman–Crippen LogP) is 1.57. The van der Waals surface area contributed by atoms with Crippen LogP contribution in [0.1, 0.15) is 32.9 Å². The van der Waals surface area contributed by atoms with Crippen molar-refractivity contribution in [2.75, 3.05) is 19.6 Å². The van der Waals surface area contributed by atoms with Crippen molar-refractivity contribution in [2.24, 2.45) is 0 Å². The normalized spacial score (nSPS) is 18.5. The van der Waals surface area contributed by atoms with E-state index in [2.05, 4.69) is 32.7 Å². The highest BCUT2D eigenvalue weighted by Gasteiger charge is 2.20. The number of aromatic nitrogens is 2. The van der Waals surface area contributed by atoms with Crippen molar-refractivity contribution in [3.8, 4) is 0 Å². The third kappa shape index (κ3) is 4.37. The quantitative estimate of drug-likeness (QED) is 0.861. The number of rotatable bonds is 5. The maximum Gasteiger partial charge on any atom is 0.282 e. The van der Waals surface area contributed by atoms with Gasteiger partial charge in [0.15, 0.2) is 0 Å². The monoisotopic (exact) mass is 345 g/mol. The topological polar surface area (TPSA) is 70.2 Å². The second kappa shape index (κ2) is 7.83. The molecular formula is C17H23N5OS. The van der Waals surface area contributed by atoms with Crippen LogP contribution in [0.4, 0.5) is 0 Å². The zero-order valence-corrected chi connectivity index (χ0v) is 14.9. The Morgan fingerprint density at radius 1 is 1.38 bits per heavy atom.